The van der Waals surface area contributed by atoms with Crippen molar-refractivity contribution in [1.29, 1.82) is 5.41 Å². The van der Waals surface area contributed by atoms with Gasteiger partial charge in [-0.3, -0.25) is 5.41 Å². The van der Waals surface area contributed by atoms with Gasteiger partial charge in [0.15, 0.2) is 0 Å². The van der Waals surface area contributed by atoms with Crippen molar-refractivity contribution in [2.75, 3.05) is 26.3 Å². The second-order valence-electron chi connectivity index (χ2n) is 3.31. The van der Waals surface area contributed by atoms with E-state index in [-0.39, 0.29) is 5.84 Å². The molecule has 0 spiro atoms. The fourth-order valence-corrected chi connectivity index (χ4v) is 2.50. The third-order valence-electron chi connectivity index (χ3n) is 2.10. The van der Waals surface area contributed by atoms with Crippen LogP contribution in [0.3, 0.4) is 0 Å². The van der Waals surface area contributed by atoms with Gasteiger partial charge in [0.1, 0.15) is 5.84 Å². The summed E-state index contributed by atoms with van der Waals surface area (Å²) in [6, 6.07) is -0.683. The van der Waals surface area contributed by atoms with Crippen molar-refractivity contribution in [2.24, 2.45) is 5.73 Å². The average Bonchev–Trinajstić information content (AvgIpc) is 2.18. The highest BCUT2D eigenvalue weighted by molar-refractivity contribution is 7.87. The quantitative estimate of drug-likeness (QED) is 0.407. The monoisotopic (exact) mass is 236 g/mol. The molecule has 1 atom stereocenters. The number of morpholine rings is 1. The Bertz CT molecular complexity index is 323. The molecule has 0 amide bonds. The second kappa shape index (κ2) is 4.88. The number of nitrogens with one attached hydrogen (secondary N) is 2. The summed E-state index contributed by atoms with van der Waals surface area (Å²) in [6.07, 6.45) is 0. The van der Waals surface area contributed by atoms with Crippen LogP contribution in [0.2, 0.25) is 0 Å². The Hall–Kier alpha value is -0.700. The summed E-state index contributed by atoms with van der Waals surface area (Å²) < 4.78 is 32.1. The van der Waals surface area contributed by atoms with Gasteiger partial charge in [0, 0.05) is 13.1 Å². The first-order chi connectivity index (χ1) is 6.93. The van der Waals surface area contributed by atoms with Crippen LogP contribution in [0, 0.1) is 5.41 Å². The molecule has 88 valence electrons. The van der Waals surface area contributed by atoms with Crippen molar-refractivity contribution in [3.8, 4) is 0 Å². The number of nitrogens with zero attached hydrogens (tertiary/aromatic N) is 1. The van der Waals surface area contributed by atoms with E-state index < -0.39 is 16.3 Å². The molecule has 1 fully saturated rings. The summed E-state index contributed by atoms with van der Waals surface area (Å²) in [5.41, 5.74) is 5.19. The molecule has 0 radical (unpaired) electrons. The van der Waals surface area contributed by atoms with Crippen LogP contribution >= 0.6 is 0 Å². The SMILES string of the molecule is CC(NS(=O)(=O)N1CCOCC1)C(=N)N. The van der Waals surface area contributed by atoms with Gasteiger partial charge in [0.2, 0.25) is 0 Å². The first-order valence-electron chi connectivity index (χ1n) is 4.62. The first-order valence-corrected chi connectivity index (χ1v) is 6.06. The number of nitrogens with two attached hydrogens (primary N) is 1. The van der Waals surface area contributed by atoms with Crippen molar-refractivity contribution in [2.45, 2.75) is 13.0 Å². The highest BCUT2D eigenvalue weighted by Crippen LogP contribution is 2.03. The van der Waals surface area contributed by atoms with Crippen molar-refractivity contribution < 1.29 is 13.2 Å². The topological polar surface area (TPSA) is 109 Å². The number of amidine groups is 1. The van der Waals surface area contributed by atoms with Gasteiger partial charge in [-0.15, -0.1) is 0 Å². The van der Waals surface area contributed by atoms with Crippen LogP contribution in [0.25, 0.3) is 0 Å². The minimum Gasteiger partial charge on any atom is -0.386 e. The molecule has 1 rings (SSSR count). The van der Waals surface area contributed by atoms with Gasteiger partial charge < -0.3 is 10.5 Å². The van der Waals surface area contributed by atoms with Crippen LogP contribution in [-0.2, 0) is 14.9 Å². The summed E-state index contributed by atoms with van der Waals surface area (Å²) in [7, 11) is -3.55. The number of ether oxygens (including phenoxy) is 1. The van der Waals surface area contributed by atoms with E-state index in [2.05, 4.69) is 4.72 Å². The highest BCUT2D eigenvalue weighted by Gasteiger charge is 2.26. The van der Waals surface area contributed by atoms with Gasteiger partial charge >= 0.3 is 0 Å². The van der Waals surface area contributed by atoms with Gasteiger partial charge in [-0.2, -0.15) is 17.4 Å². The molecule has 0 aromatic rings. The lowest BCUT2D eigenvalue weighted by molar-refractivity contribution is 0.0724. The lowest BCUT2D eigenvalue weighted by Gasteiger charge is -2.27. The normalized spacial score (nSPS) is 21.1. The van der Waals surface area contributed by atoms with Crippen LogP contribution in [0.1, 0.15) is 6.92 Å². The molecule has 0 aromatic carbocycles. The molecule has 0 bridgehead atoms. The van der Waals surface area contributed by atoms with Crippen molar-refractivity contribution in [3.63, 3.8) is 0 Å². The molecule has 7 nitrogen and oxygen atoms in total. The molecule has 8 heteroatoms. The summed E-state index contributed by atoms with van der Waals surface area (Å²) in [4.78, 5) is 0. The predicted molar refractivity (Wildman–Crippen MR) is 55.8 cm³/mol. The Morgan fingerprint density at radius 2 is 2.07 bits per heavy atom. The van der Waals surface area contributed by atoms with E-state index in [1.807, 2.05) is 0 Å². The zero-order valence-corrected chi connectivity index (χ0v) is 9.38. The molecule has 0 aliphatic carbocycles. The maximum Gasteiger partial charge on any atom is 0.280 e. The minimum atomic E-state index is -3.55. The predicted octanol–water partition coefficient (Wildman–Crippen LogP) is -1.52. The summed E-state index contributed by atoms with van der Waals surface area (Å²) in [5.74, 6) is -0.202. The maximum absolute atomic E-state index is 11.7. The first kappa shape index (κ1) is 12.4. The third-order valence-corrected chi connectivity index (χ3v) is 3.80. The molecule has 0 aromatic heterocycles. The Morgan fingerprint density at radius 1 is 1.53 bits per heavy atom. The summed E-state index contributed by atoms with van der Waals surface area (Å²) >= 11 is 0. The van der Waals surface area contributed by atoms with Gasteiger partial charge in [-0.05, 0) is 6.92 Å². The van der Waals surface area contributed by atoms with Crippen LogP contribution in [0.15, 0.2) is 0 Å². The van der Waals surface area contributed by atoms with Crippen molar-refractivity contribution in [3.05, 3.63) is 0 Å². The molecule has 15 heavy (non-hydrogen) atoms. The minimum absolute atomic E-state index is 0.202. The Morgan fingerprint density at radius 3 is 2.53 bits per heavy atom. The van der Waals surface area contributed by atoms with Crippen LogP contribution in [0.4, 0.5) is 0 Å². The zero-order valence-electron chi connectivity index (χ0n) is 8.56. The second-order valence-corrected chi connectivity index (χ2v) is 5.01. The summed E-state index contributed by atoms with van der Waals surface area (Å²) in [5, 5.41) is 7.10. The van der Waals surface area contributed by atoms with E-state index in [0.29, 0.717) is 26.3 Å². The van der Waals surface area contributed by atoms with E-state index in [9.17, 15) is 8.42 Å². The largest absolute Gasteiger partial charge is 0.386 e. The molecular formula is C7H16N4O3S. The zero-order chi connectivity index (χ0) is 11.5. The lowest BCUT2D eigenvalue weighted by Crippen LogP contribution is -2.51. The molecule has 4 N–H and O–H groups in total. The van der Waals surface area contributed by atoms with E-state index in [4.69, 9.17) is 15.9 Å². The van der Waals surface area contributed by atoms with Gasteiger partial charge in [-0.25, -0.2) is 0 Å². The molecule has 1 unspecified atom stereocenters. The van der Waals surface area contributed by atoms with Crippen LogP contribution < -0.4 is 10.5 Å². The van der Waals surface area contributed by atoms with E-state index in [0.717, 1.165) is 0 Å². The molecule has 1 saturated heterocycles. The molecule has 0 saturated carbocycles. The Labute approximate surface area is 89.3 Å². The number of hydrogen-bond acceptors (Lipinski definition) is 4. The fourth-order valence-electron chi connectivity index (χ4n) is 1.15. The van der Waals surface area contributed by atoms with Gasteiger partial charge in [0.05, 0.1) is 19.3 Å². The molecule has 1 heterocycles. The molecule has 1 aliphatic heterocycles. The van der Waals surface area contributed by atoms with Crippen molar-refractivity contribution >= 4 is 16.0 Å². The number of hydrogen-bond donors (Lipinski definition) is 3. The Kier molecular flexibility index (Phi) is 4.03. The fraction of sp³-hybridized carbons (Fsp3) is 0.857. The van der Waals surface area contributed by atoms with Crippen molar-refractivity contribution in [1.82, 2.24) is 9.03 Å². The van der Waals surface area contributed by atoms with E-state index in [1.54, 1.807) is 0 Å². The summed E-state index contributed by atoms with van der Waals surface area (Å²) in [6.45, 7) is 2.99. The average molecular weight is 236 g/mol. The third kappa shape index (κ3) is 3.42. The lowest BCUT2D eigenvalue weighted by atomic mass is 10.3. The smallest absolute Gasteiger partial charge is 0.280 e. The van der Waals surface area contributed by atoms with Crippen LogP contribution in [0.5, 0.6) is 0 Å². The Balaban J connectivity index is 2.61. The number of rotatable bonds is 4. The van der Waals surface area contributed by atoms with E-state index >= 15 is 0 Å². The van der Waals surface area contributed by atoms with Gasteiger partial charge in [0.25, 0.3) is 10.2 Å². The standard InChI is InChI=1S/C7H16N4O3S/c1-6(7(8)9)10-15(12,13)11-2-4-14-5-3-11/h6,10H,2-5H2,1H3,(H3,8,9). The maximum atomic E-state index is 11.7. The van der Waals surface area contributed by atoms with Crippen LogP contribution in [-0.4, -0.2) is 50.9 Å². The highest BCUT2D eigenvalue weighted by atomic mass is 32.2. The molecule has 1 aliphatic rings. The molecular weight excluding hydrogens is 220 g/mol. The van der Waals surface area contributed by atoms with Gasteiger partial charge in [-0.1, -0.05) is 0 Å². The van der Waals surface area contributed by atoms with E-state index in [1.165, 1.54) is 11.2 Å².